The van der Waals surface area contributed by atoms with Crippen LogP contribution < -0.4 is 43.4 Å². The van der Waals surface area contributed by atoms with Crippen LogP contribution in [0.4, 0.5) is 26.3 Å². The summed E-state index contributed by atoms with van der Waals surface area (Å²) in [5.41, 5.74) is 10.2. The molecule has 0 spiro atoms. The molecule has 0 bridgehead atoms. The van der Waals surface area contributed by atoms with E-state index in [1.165, 1.54) is 9.80 Å². The second-order valence-electron chi connectivity index (χ2n) is 25.0. The van der Waals surface area contributed by atoms with Crippen molar-refractivity contribution in [2.75, 3.05) is 26.2 Å². The molecule has 2 fully saturated rings. The predicted molar refractivity (Wildman–Crippen MR) is 322 cm³/mol. The number of fused-ring (bicyclic) bond motifs is 2. The standard InChI is InChI=1S/C64H92F6N10O8/c1-37(2)31-49-45(63(65,66)67)35-43(33-41-19-11-9-12-20-41)61(87)79-29-17-25-51(79)57(83)78-54(40(7)8)60(86)74-48(24-16-28-72)56(82)76-50(32-38(3)4)46(64(68,69)70)36-44(34-42-21-13-10-14-22-42)62(88)80-30-18-26-52(80)58(84)77-53(39(5)6)59(85)73-47(23-15-27-71)55(81)75-49/h9-14,19-22,35-40,43-44,47-54H,15-18,23-34,71-72H2,1-8H3,(H,73,85)(H,74,86)(H,75,81)(H,76,82)(H,77,84)(H,78,83)/b45-35+,46-36+/t43-,44-,47-,48-,49?,50?,51-,52-,53?,54?/m0/s1. The Balaban J connectivity index is 1.71. The van der Waals surface area contributed by atoms with Crippen LogP contribution in [-0.4, -0.2) is 144 Å². The maximum Gasteiger partial charge on any atom is 0.414 e. The number of alkyl halides is 6. The Morgan fingerprint density at radius 2 is 0.795 bits per heavy atom. The lowest BCUT2D eigenvalue weighted by atomic mass is 9.89. The average Bonchev–Trinajstić information content (AvgIpc) is 2.58. The predicted octanol–water partition coefficient (Wildman–Crippen LogP) is 6.47. The van der Waals surface area contributed by atoms with Crippen LogP contribution >= 0.6 is 0 Å². The molecule has 3 aliphatic rings. The van der Waals surface area contributed by atoms with Gasteiger partial charge in [0.15, 0.2) is 0 Å². The highest BCUT2D eigenvalue weighted by Crippen LogP contribution is 2.36. The van der Waals surface area contributed by atoms with Crippen molar-refractivity contribution in [2.45, 2.75) is 193 Å². The van der Waals surface area contributed by atoms with E-state index in [0.29, 0.717) is 11.1 Å². The van der Waals surface area contributed by atoms with Crippen LogP contribution in [0.5, 0.6) is 0 Å². The maximum atomic E-state index is 15.9. The lowest BCUT2D eigenvalue weighted by Crippen LogP contribution is -2.59. The van der Waals surface area contributed by atoms with E-state index in [1.54, 1.807) is 116 Å². The van der Waals surface area contributed by atoms with E-state index in [1.807, 2.05) is 0 Å². The molecule has 4 unspecified atom stereocenters. The van der Waals surface area contributed by atoms with Gasteiger partial charge in [0.2, 0.25) is 47.3 Å². The minimum absolute atomic E-state index is 0.0103. The van der Waals surface area contributed by atoms with Crippen molar-refractivity contribution in [1.82, 2.24) is 41.7 Å². The van der Waals surface area contributed by atoms with Crippen LogP contribution in [0, 0.1) is 35.5 Å². The molecule has 3 aliphatic heterocycles. The van der Waals surface area contributed by atoms with Gasteiger partial charge in [-0.2, -0.15) is 26.3 Å². The summed E-state index contributed by atoms with van der Waals surface area (Å²) in [5, 5.41) is 15.7. The van der Waals surface area contributed by atoms with Crippen molar-refractivity contribution >= 4 is 47.3 Å². The van der Waals surface area contributed by atoms with Gasteiger partial charge in [-0.15, -0.1) is 0 Å². The molecular weight excluding hydrogens is 1150 g/mol. The maximum absolute atomic E-state index is 15.9. The Morgan fingerprint density at radius 3 is 1.09 bits per heavy atom. The molecule has 2 aromatic rings. The second-order valence-corrected chi connectivity index (χ2v) is 25.0. The van der Waals surface area contributed by atoms with Crippen molar-refractivity contribution in [2.24, 2.45) is 47.0 Å². The number of carbonyl (C=O) groups is 8. The van der Waals surface area contributed by atoms with E-state index in [0.717, 1.165) is 12.2 Å². The van der Waals surface area contributed by atoms with E-state index in [2.05, 4.69) is 31.9 Å². The molecule has 10 N–H and O–H groups in total. The van der Waals surface area contributed by atoms with Crippen LogP contribution in [0.2, 0.25) is 0 Å². The smallest absolute Gasteiger partial charge is 0.347 e. The van der Waals surface area contributed by atoms with Gasteiger partial charge in [-0.1, -0.05) is 128 Å². The lowest BCUT2D eigenvalue weighted by Gasteiger charge is -2.33. The highest BCUT2D eigenvalue weighted by molar-refractivity contribution is 5.97. The summed E-state index contributed by atoms with van der Waals surface area (Å²) in [7, 11) is 0. The van der Waals surface area contributed by atoms with Crippen molar-refractivity contribution < 1.29 is 64.7 Å². The van der Waals surface area contributed by atoms with E-state index < -0.39 is 155 Å². The third kappa shape index (κ3) is 20.6. The summed E-state index contributed by atoms with van der Waals surface area (Å²) in [4.78, 5) is 120. The zero-order valence-corrected chi connectivity index (χ0v) is 51.9. The van der Waals surface area contributed by atoms with Gasteiger partial charge in [0.1, 0.15) is 36.3 Å². The first-order valence-electron chi connectivity index (χ1n) is 30.9. The Hall–Kier alpha value is -6.82. The quantitative estimate of drug-likeness (QED) is 0.0671. The minimum Gasteiger partial charge on any atom is -0.347 e. The first kappa shape index (κ1) is 71.9. The Bertz CT molecular complexity index is 2560. The minimum atomic E-state index is -5.16. The molecular formula is C64H92F6N10O8. The highest BCUT2D eigenvalue weighted by atomic mass is 19.4. The Kier molecular flexibility index (Phi) is 27.1. The number of amides is 8. The van der Waals surface area contributed by atoms with Gasteiger partial charge in [-0.05, 0) is 125 Å². The topological polar surface area (TPSA) is 267 Å². The molecule has 18 nitrogen and oxygen atoms in total. The molecule has 88 heavy (non-hydrogen) atoms. The molecule has 0 radical (unpaired) electrons. The average molecular weight is 1240 g/mol. The van der Waals surface area contributed by atoms with Crippen molar-refractivity contribution in [3.8, 4) is 0 Å². The van der Waals surface area contributed by atoms with Crippen molar-refractivity contribution in [3.63, 3.8) is 0 Å². The van der Waals surface area contributed by atoms with Crippen LogP contribution in [0.15, 0.2) is 84.0 Å². The summed E-state index contributed by atoms with van der Waals surface area (Å²) >= 11 is 0. The van der Waals surface area contributed by atoms with Crippen molar-refractivity contribution in [1.29, 1.82) is 0 Å². The fourth-order valence-electron chi connectivity index (χ4n) is 11.7. The van der Waals surface area contributed by atoms with Crippen LogP contribution in [-0.2, 0) is 51.2 Å². The molecule has 8 amide bonds. The molecule has 0 saturated carbocycles. The number of benzene rings is 2. The Labute approximate surface area is 513 Å². The van der Waals surface area contributed by atoms with Crippen molar-refractivity contribution in [3.05, 3.63) is 95.1 Å². The summed E-state index contributed by atoms with van der Waals surface area (Å²) in [6.45, 7) is 12.9. The summed E-state index contributed by atoms with van der Waals surface area (Å²) in [6.07, 6.45) is -9.39. The number of hydrogen-bond donors (Lipinski definition) is 8. The third-order valence-corrected chi connectivity index (χ3v) is 16.3. The van der Waals surface area contributed by atoms with Gasteiger partial charge in [0.25, 0.3) is 0 Å². The largest absolute Gasteiger partial charge is 0.414 e. The van der Waals surface area contributed by atoms with Crippen LogP contribution in [0.25, 0.3) is 0 Å². The van der Waals surface area contributed by atoms with Gasteiger partial charge in [0, 0.05) is 13.1 Å². The molecule has 0 aliphatic carbocycles. The first-order chi connectivity index (χ1) is 41.4. The van der Waals surface area contributed by atoms with Crippen LogP contribution in [0.3, 0.4) is 0 Å². The first-order valence-corrected chi connectivity index (χ1v) is 30.9. The number of rotatable bonds is 16. The molecule has 2 aromatic carbocycles. The molecule has 488 valence electrons. The van der Waals surface area contributed by atoms with Gasteiger partial charge in [0.05, 0.1) is 35.1 Å². The number of nitrogens with one attached hydrogen (secondary N) is 6. The molecule has 5 rings (SSSR count). The number of hydrogen-bond acceptors (Lipinski definition) is 10. The SMILES string of the molecule is CC(C)CC1NC(=O)[C@H](CCCN)NC(=O)C(C(C)C)NC(=O)[C@@H]2CCCN2C(=O)[C@@H](Cc2ccccc2)/C=C(/C(F)(F)F)C(CC(C)C)NC(=O)[C@H](CCCN)NC(=O)C(C(C)C)NC(=O)[C@@H]2CCCN2C(=O)[C@@H](Cc2ccccc2)/C=C\1C(F)(F)F. The van der Waals surface area contributed by atoms with Gasteiger partial charge in [-0.25, -0.2) is 0 Å². The van der Waals surface area contributed by atoms with Gasteiger partial charge < -0.3 is 53.2 Å². The van der Waals surface area contributed by atoms with E-state index >= 15 is 35.9 Å². The Morgan fingerprint density at radius 1 is 0.466 bits per heavy atom. The van der Waals surface area contributed by atoms with E-state index in [4.69, 9.17) is 11.5 Å². The molecule has 2 saturated heterocycles. The third-order valence-electron chi connectivity index (χ3n) is 16.3. The van der Waals surface area contributed by atoms with Crippen LogP contribution in [0.1, 0.15) is 131 Å². The zero-order chi connectivity index (χ0) is 65.2. The van der Waals surface area contributed by atoms with Gasteiger partial charge >= 0.3 is 12.4 Å². The number of nitrogens with zero attached hydrogens (tertiary/aromatic N) is 2. The molecule has 3 heterocycles. The second kappa shape index (κ2) is 33.1. The molecule has 10 atom stereocenters. The van der Waals surface area contributed by atoms with Gasteiger partial charge in [-0.3, -0.25) is 38.4 Å². The fraction of sp³-hybridized carbons (Fsp3) is 0.625. The zero-order valence-electron chi connectivity index (χ0n) is 51.9. The lowest BCUT2D eigenvalue weighted by molar-refractivity contribution is -0.142. The number of halogens is 6. The van der Waals surface area contributed by atoms with E-state index in [9.17, 15) is 28.8 Å². The summed E-state index contributed by atoms with van der Waals surface area (Å²) in [6, 6.07) is 4.46. The number of nitrogens with two attached hydrogens (primary N) is 2. The fourth-order valence-corrected chi connectivity index (χ4v) is 11.7. The summed E-state index contributed by atoms with van der Waals surface area (Å²) in [5.74, 6) is -12.7. The summed E-state index contributed by atoms with van der Waals surface area (Å²) < 4.78 is 95.4. The monoisotopic (exact) mass is 1240 g/mol. The van der Waals surface area contributed by atoms with E-state index in [-0.39, 0.29) is 103 Å². The molecule has 0 aromatic heterocycles. The molecule has 24 heteroatoms. The highest BCUT2D eigenvalue weighted by Gasteiger charge is 2.47. The number of carbonyl (C=O) groups excluding carboxylic acids is 8. The normalized spacial score (nSPS) is 27.2.